The topological polar surface area (TPSA) is 51.8 Å². The summed E-state index contributed by atoms with van der Waals surface area (Å²) in [6.45, 7) is 7.34. The Balaban J connectivity index is 1.09. The second-order valence-corrected chi connectivity index (χ2v) is 17.3. The van der Waals surface area contributed by atoms with E-state index in [0.717, 1.165) is 29.3 Å². The van der Waals surface area contributed by atoms with Crippen LogP contribution in [0.1, 0.15) is 100 Å². The lowest BCUT2D eigenvalue weighted by Gasteiger charge is -2.16. The second kappa shape index (κ2) is 19.8. The normalized spacial score (nSPS) is 15.5. The summed E-state index contributed by atoms with van der Waals surface area (Å²) >= 11 is 0. The maximum atomic E-state index is 15.5. The first kappa shape index (κ1) is 32.2. The van der Waals surface area contributed by atoms with Gasteiger partial charge < -0.3 is 4.42 Å². The van der Waals surface area contributed by atoms with Crippen LogP contribution in [-0.2, 0) is 38.2 Å². The molecule has 0 atom stereocenters. The van der Waals surface area contributed by atoms with Gasteiger partial charge >= 0.3 is 0 Å². The fraction of sp³-hybridized carbons (Fsp3) is 0.190. The zero-order valence-electron chi connectivity index (χ0n) is 50.1. The van der Waals surface area contributed by atoms with E-state index in [9.17, 15) is 16.4 Å². The predicted octanol–water partition coefficient (Wildman–Crippen LogP) is 16.2. The third-order valence-corrected chi connectivity index (χ3v) is 11.9. The maximum absolute atomic E-state index is 15.5. The molecule has 10 aromatic rings. The Kier molecular flexibility index (Phi) is 9.37. The summed E-state index contributed by atoms with van der Waals surface area (Å²) in [5.74, 6) is -1.15. The lowest BCUT2D eigenvalue weighted by molar-refractivity contribution is 0.622. The summed E-state index contributed by atoms with van der Waals surface area (Å²) < 4.78 is 138. The highest BCUT2D eigenvalue weighted by molar-refractivity contribution is 6.12. The van der Waals surface area contributed by atoms with Gasteiger partial charge in [-0.2, -0.15) is 0 Å². The van der Waals surface area contributed by atoms with Crippen molar-refractivity contribution in [3.05, 3.63) is 233 Å². The molecule has 0 bridgehead atoms. The van der Waals surface area contributed by atoms with Crippen LogP contribution in [0.15, 0.2) is 187 Å². The molecule has 0 aliphatic heterocycles. The quantitative estimate of drug-likeness (QED) is 0.103. The summed E-state index contributed by atoms with van der Waals surface area (Å²) in [5, 5.41) is 1.34. The number of hydrogen-bond donors (Lipinski definition) is 0. The Morgan fingerprint density at radius 2 is 0.926 bits per heavy atom. The minimum atomic E-state index is -3.16. The molecule has 0 fully saturated rings. The van der Waals surface area contributed by atoms with Gasteiger partial charge in [-0.25, -0.2) is 4.39 Å². The van der Waals surface area contributed by atoms with Gasteiger partial charge in [-0.1, -0.05) is 155 Å². The maximum Gasteiger partial charge on any atom is 0.146 e. The van der Waals surface area contributed by atoms with Crippen LogP contribution in [0, 0.1) is 5.82 Å². The van der Waals surface area contributed by atoms with E-state index in [2.05, 4.69) is 15.0 Å². The molecule has 4 nitrogen and oxygen atoms in total. The number of furan rings is 1. The van der Waals surface area contributed by atoms with Crippen molar-refractivity contribution >= 4 is 21.9 Å². The van der Waals surface area contributed by atoms with Crippen LogP contribution in [0.5, 0.6) is 0 Å². The van der Waals surface area contributed by atoms with Gasteiger partial charge in [0, 0.05) is 62.5 Å². The molecule has 0 N–H and O–H groups in total. The van der Waals surface area contributed by atoms with Gasteiger partial charge in [0.1, 0.15) is 17.0 Å². The molecule has 336 valence electrons. The van der Waals surface area contributed by atoms with Crippen LogP contribution >= 0.6 is 0 Å². The first-order chi connectivity index (χ1) is 37.8. The van der Waals surface area contributed by atoms with Gasteiger partial charge in [-0.05, 0) is 137 Å². The molecule has 0 spiro atoms. The summed E-state index contributed by atoms with van der Waals surface area (Å²) in [5.41, 5.74) is 3.69. The van der Waals surface area contributed by atoms with Crippen LogP contribution < -0.4 is 0 Å². The van der Waals surface area contributed by atoms with Crippen LogP contribution in [0.25, 0.3) is 66.8 Å². The number of fused-ring (bicyclic) bond motifs is 3. The lowest BCUT2D eigenvalue weighted by Crippen LogP contribution is -2.04. The first-order valence-corrected chi connectivity index (χ1v) is 22.7. The fourth-order valence-electron chi connectivity index (χ4n) is 8.45. The van der Waals surface area contributed by atoms with Gasteiger partial charge in [-0.3, -0.25) is 15.0 Å². The standard InChI is InChI=1S/C63H56FN3O/c1-41(2)55-36-59(47-15-8-5-9-16-47)66-39-50(55)28-25-45-33-44(34-46(35-45)26-29-51-40-67-60(37-56(51)42(3)4)48-17-10-6-11-18-48)24-23-43-27-32-58(65-38-43)54-22-14-21-52-53-30-31-57(64)61(63(53)68-62(52)54)49-19-12-7-13-20-49/h5-22,27,30-42H,23-26,28-29H2,1-4H3/i23D2,24D2,25D2,26D2,28D2,29D2. The first-order valence-electron chi connectivity index (χ1n) is 28.7. The third-order valence-electron chi connectivity index (χ3n) is 11.9. The van der Waals surface area contributed by atoms with E-state index < -0.39 is 60.7 Å². The predicted molar refractivity (Wildman–Crippen MR) is 279 cm³/mol. The number of nitrogens with zero attached hydrogens (tertiary/aromatic N) is 3. The van der Waals surface area contributed by atoms with E-state index >= 15 is 4.39 Å². The Morgan fingerprint density at radius 1 is 0.441 bits per heavy atom. The number of benzene rings is 6. The number of pyridine rings is 3. The summed E-state index contributed by atoms with van der Waals surface area (Å²) in [6.07, 6.45) is -14.6. The average molecular weight is 902 g/mol. The SMILES string of the molecule is [2H]C([2H])(c1ccc(-c2cccc3c2oc2c(-c4ccccc4)c(F)ccc23)nc1)C([2H])([2H])c1cc(C([2H])([2H])C([2H])([2H])c2cnc(-c3ccccc3)cc2C(C)C)cc(C([2H])([2H])C([2H])([2H])c2cnc(-c3ccccc3)cc2C(C)C)c1. The fourth-order valence-corrected chi connectivity index (χ4v) is 8.45. The molecule has 0 saturated carbocycles. The van der Waals surface area contributed by atoms with Gasteiger partial charge in [0.05, 0.1) is 22.6 Å². The summed E-state index contributed by atoms with van der Waals surface area (Å²) in [6, 6.07) is 45.2. The number of aryl methyl sites for hydroxylation is 6. The molecule has 0 aliphatic carbocycles. The molecule has 4 aromatic heterocycles. The van der Waals surface area contributed by atoms with Crippen molar-refractivity contribution in [3.8, 4) is 44.9 Å². The smallest absolute Gasteiger partial charge is 0.146 e. The van der Waals surface area contributed by atoms with Crippen LogP contribution in [0.3, 0.4) is 0 Å². The molecule has 0 radical (unpaired) electrons. The van der Waals surface area contributed by atoms with Gasteiger partial charge in [0.25, 0.3) is 0 Å². The Morgan fingerprint density at radius 3 is 1.44 bits per heavy atom. The van der Waals surface area contributed by atoms with Crippen molar-refractivity contribution in [2.24, 2.45) is 0 Å². The highest BCUT2D eigenvalue weighted by Gasteiger charge is 2.20. The minimum Gasteiger partial charge on any atom is -0.455 e. The minimum absolute atomic E-state index is 0.111. The highest BCUT2D eigenvalue weighted by atomic mass is 19.1. The van der Waals surface area contributed by atoms with Crippen LogP contribution in [0.2, 0.25) is 0 Å². The van der Waals surface area contributed by atoms with Crippen molar-refractivity contribution in [2.75, 3.05) is 0 Å². The molecule has 5 heteroatoms. The van der Waals surface area contributed by atoms with E-state index in [1.807, 2.05) is 100 Å². The van der Waals surface area contributed by atoms with E-state index in [-0.39, 0.29) is 34.1 Å². The Bertz CT molecular complexity index is 3790. The van der Waals surface area contributed by atoms with Crippen molar-refractivity contribution in [3.63, 3.8) is 0 Å². The van der Waals surface area contributed by atoms with E-state index in [4.69, 9.17) is 4.42 Å². The number of halogens is 1. The Hall–Kier alpha value is -7.50. The van der Waals surface area contributed by atoms with Crippen molar-refractivity contribution in [1.82, 2.24) is 15.0 Å². The molecule has 0 unspecified atom stereocenters. The van der Waals surface area contributed by atoms with Gasteiger partial charge in [0.2, 0.25) is 0 Å². The molecule has 4 heterocycles. The number of rotatable bonds is 15. The molecule has 10 rings (SSSR count). The van der Waals surface area contributed by atoms with E-state index in [1.54, 1.807) is 54.6 Å². The molecule has 6 aromatic carbocycles. The summed E-state index contributed by atoms with van der Waals surface area (Å²) in [4.78, 5) is 13.8. The van der Waals surface area contributed by atoms with Crippen molar-refractivity contribution in [1.29, 1.82) is 0 Å². The Labute approximate surface area is 416 Å². The molecule has 0 aliphatic rings. The van der Waals surface area contributed by atoms with Gasteiger partial charge in [-0.15, -0.1) is 0 Å². The zero-order valence-corrected chi connectivity index (χ0v) is 38.1. The lowest BCUT2D eigenvalue weighted by atomic mass is 9.90. The second-order valence-electron chi connectivity index (χ2n) is 17.3. The molecular weight excluding hydrogens is 834 g/mol. The van der Waals surface area contributed by atoms with Crippen LogP contribution in [-0.4, -0.2) is 15.0 Å². The van der Waals surface area contributed by atoms with Crippen molar-refractivity contribution in [2.45, 2.75) is 77.8 Å². The van der Waals surface area contributed by atoms with Crippen molar-refractivity contribution < 1.29 is 25.3 Å². The molecular formula is C63H56FN3O. The van der Waals surface area contributed by atoms with E-state index in [0.29, 0.717) is 61.3 Å². The number of hydrogen-bond acceptors (Lipinski definition) is 4. The molecule has 0 amide bonds. The van der Waals surface area contributed by atoms with Crippen LogP contribution in [0.4, 0.5) is 4.39 Å². The number of para-hydroxylation sites is 1. The third kappa shape index (κ3) is 9.52. The van der Waals surface area contributed by atoms with E-state index in [1.165, 1.54) is 36.8 Å². The zero-order chi connectivity index (χ0) is 57.3. The molecule has 68 heavy (non-hydrogen) atoms. The monoisotopic (exact) mass is 902 g/mol. The molecule has 0 saturated heterocycles. The van der Waals surface area contributed by atoms with Gasteiger partial charge in [0.15, 0.2) is 0 Å². The average Bonchev–Trinajstić information content (AvgIpc) is 3.95. The number of aromatic nitrogens is 3. The highest BCUT2D eigenvalue weighted by Crippen LogP contribution is 2.41. The summed E-state index contributed by atoms with van der Waals surface area (Å²) in [7, 11) is 0. The largest absolute Gasteiger partial charge is 0.455 e.